The van der Waals surface area contributed by atoms with E-state index in [2.05, 4.69) is 15.5 Å². The molecule has 3 aromatic rings. The highest BCUT2D eigenvalue weighted by atomic mass is 19.2. The number of piperidine rings is 1. The van der Waals surface area contributed by atoms with Gasteiger partial charge in [-0.15, -0.1) is 5.10 Å². The zero-order valence-electron chi connectivity index (χ0n) is 19.4. The van der Waals surface area contributed by atoms with Crippen LogP contribution >= 0.6 is 0 Å². The second-order valence-corrected chi connectivity index (χ2v) is 8.84. The predicted molar refractivity (Wildman–Crippen MR) is 128 cm³/mol. The van der Waals surface area contributed by atoms with Crippen LogP contribution in [0.25, 0.3) is 0 Å². The molecule has 2 aromatic carbocycles. The van der Waals surface area contributed by atoms with Gasteiger partial charge in [0.1, 0.15) is 11.9 Å². The Labute approximate surface area is 206 Å². The smallest absolute Gasteiger partial charge is 0.253 e. The van der Waals surface area contributed by atoms with Crippen LogP contribution in [0.1, 0.15) is 23.2 Å². The van der Waals surface area contributed by atoms with Crippen molar-refractivity contribution in [1.82, 2.24) is 20.4 Å². The van der Waals surface area contributed by atoms with Crippen molar-refractivity contribution >= 4 is 23.3 Å². The summed E-state index contributed by atoms with van der Waals surface area (Å²) in [6, 6.07) is 13.9. The molecule has 0 spiro atoms. The molecule has 2 amide bonds. The van der Waals surface area contributed by atoms with Gasteiger partial charge in [0, 0.05) is 50.8 Å². The van der Waals surface area contributed by atoms with Gasteiger partial charge in [-0.3, -0.25) is 14.5 Å². The quantitative estimate of drug-likeness (QED) is 0.567. The Bertz CT molecular complexity index is 1230. The minimum Gasteiger partial charge on any atom is -0.490 e. The van der Waals surface area contributed by atoms with Gasteiger partial charge in [-0.05, 0) is 54.6 Å². The highest BCUT2D eigenvalue weighted by Crippen LogP contribution is 2.29. The van der Waals surface area contributed by atoms with Crippen LogP contribution < -0.4 is 15.0 Å². The Morgan fingerprint density at radius 1 is 1.00 bits per heavy atom. The van der Waals surface area contributed by atoms with Crippen LogP contribution in [-0.2, 0) is 4.79 Å². The van der Waals surface area contributed by atoms with Gasteiger partial charge in [0.25, 0.3) is 5.91 Å². The summed E-state index contributed by atoms with van der Waals surface area (Å²) in [5, 5.41) is 11.1. The molecular weight excluding hydrogens is 468 g/mol. The van der Waals surface area contributed by atoms with Gasteiger partial charge in [-0.2, -0.15) is 5.10 Å². The third kappa shape index (κ3) is 5.03. The third-order valence-electron chi connectivity index (χ3n) is 6.43. The van der Waals surface area contributed by atoms with E-state index in [0.717, 1.165) is 12.1 Å². The van der Waals surface area contributed by atoms with E-state index in [1.165, 1.54) is 6.07 Å². The first-order valence-corrected chi connectivity index (χ1v) is 11.8. The summed E-state index contributed by atoms with van der Waals surface area (Å²) in [4.78, 5) is 28.9. The number of anilines is 2. The molecule has 8 nitrogen and oxygen atoms in total. The zero-order chi connectivity index (χ0) is 25.1. The molecule has 2 fully saturated rings. The molecule has 0 saturated carbocycles. The van der Waals surface area contributed by atoms with E-state index >= 15 is 0 Å². The first-order chi connectivity index (χ1) is 17.5. The number of hydrogen-bond donors (Lipinski definition) is 1. The molecule has 0 radical (unpaired) electrons. The van der Waals surface area contributed by atoms with Crippen LogP contribution in [0.15, 0.2) is 60.8 Å². The van der Waals surface area contributed by atoms with Gasteiger partial charge in [0.2, 0.25) is 5.91 Å². The minimum absolute atomic E-state index is 0.0407. The summed E-state index contributed by atoms with van der Waals surface area (Å²) in [6.07, 6.45) is 2.68. The minimum atomic E-state index is -1.04. The fourth-order valence-corrected chi connectivity index (χ4v) is 4.29. The number of ether oxygens (including phenoxy) is 1. The van der Waals surface area contributed by atoms with Crippen LogP contribution in [-0.4, -0.2) is 59.2 Å². The fourth-order valence-electron chi connectivity index (χ4n) is 4.29. The molecule has 3 heterocycles. The number of aromatic nitrogens is 2. The third-order valence-corrected chi connectivity index (χ3v) is 6.43. The Kier molecular flexibility index (Phi) is 6.86. The molecule has 0 unspecified atom stereocenters. The second kappa shape index (κ2) is 10.4. The zero-order valence-corrected chi connectivity index (χ0v) is 19.4. The van der Waals surface area contributed by atoms with Gasteiger partial charge < -0.3 is 15.0 Å². The maximum Gasteiger partial charge on any atom is 0.253 e. The molecule has 5 rings (SSSR count). The molecule has 0 aliphatic carbocycles. The van der Waals surface area contributed by atoms with Gasteiger partial charge in [-0.25, -0.2) is 8.78 Å². The number of nitrogens with one attached hydrogen (secondary N) is 1. The van der Waals surface area contributed by atoms with E-state index in [4.69, 9.17) is 4.74 Å². The Hall–Kier alpha value is -3.92. The van der Waals surface area contributed by atoms with Crippen molar-refractivity contribution in [3.63, 3.8) is 0 Å². The van der Waals surface area contributed by atoms with E-state index in [9.17, 15) is 18.4 Å². The standard InChI is InChI=1S/C26H25F2N5O3/c27-22-8-3-17(14-23(22)28)25(34)32-12-9-21(10-13-32)36-20-6-4-19(5-7-20)33(24-2-1-11-30-31-24)26(35)18-15-29-16-18/h1-8,11,14,18,21,29H,9-10,12-13,15-16H2. The number of halogens is 2. The van der Waals surface area contributed by atoms with Crippen molar-refractivity contribution in [2.24, 2.45) is 5.92 Å². The molecule has 0 atom stereocenters. The summed E-state index contributed by atoms with van der Waals surface area (Å²) < 4.78 is 32.8. The fraction of sp³-hybridized carbons (Fsp3) is 0.308. The normalized spacial score (nSPS) is 16.3. The Balaban J connectivity index is 1.21. The van der Waals surface area contributed by atoms with Gasteiger partial charge in [0.15, 0.2) is 17.5 Å². The average molecular weight is 494 g/mol. The monoisotopic (exact) mass is 493 g/mol. The number of likely N-dealkylation sites (tertiary alicyclic amines) is 1. The van der Waals surface area contributed by atoms with Crippen LogP contribution in [0.3, 0.4) is 0 Å². The van der Waals surface area contributed by atoms with E-state index in [0.29, 0.717) is 56.3 Å². The number of benzene rings is 2. The summed E-state index contributed by atoms with van der Waals surface area (Å²) >= 11 is 0. The lowest BCUT2D eigenvalue weighted by Crippen LogP contribution is -2.51. The number of hydrogen-bond acceptors (Lipinski definition) is 6. The topological polar surface area (TPSA) is 87.7 Å². The predicted octanol–water partition coefficient (Wildman–Crippen LogP) is 3.32. The summed E-state index contributed by atoms with van der Waals surface area (Å²) in [5.74, 6) is -1.38. The maximum absolute atomic E-state index is 13.5. The van der Waals surface area contributed by atoms with Crippen LogP contribution in [0.4, 0.5) is 20.3 Å². The molecule has 1 aromatic heterocycles. The first-order valence-electron chi connectivity index (χ1n) is 11.8. The molecule has 2 aliphatic rings. The lowest BCUT2D eigenvalue weighted by molar-refractivity contribution is -0.123. The second-order valence-electron chi connectivity index (χ2n) is 8.84. The van der Waals surface area contributed by atoms with Gasteiger partial charge >= 0.3 is 0 Å². The lowest BCUT2D eigenvalue weighted by atomic mass is 10.0. The Morgan fingerprint density at radius 3 is 2.36 bits per heavy atom. The maximum atomic E-state index is 13.5. The number of nitrogens with zero attached hydrogens (tertiary/aromatic N) is 4. The molecule has 36 heavy (non-hydrogen) atoms. The van der Waals surface area contributed by atoms with Crippen LogP contribution in [0.2, 0.25) is 0 Å². The van der Waals surface area contributed by atoms with Crippen molar-refractivity contribution in [3.8, 4) is 5.75 Å². The lowest BCUT2D eigenvalue weighted by Gasteiger charge is -2.33. The van der Waals surface area contributed by atoms with Crippen molar-refractivity contribution < 1.29 is 23.1 Å². The van der Waals surface area contributed by atoms with E-state index in [-0.39, 0.29) is 29.4 Å². The van der Waals surface area contributed by atoms with Crippen molar-refractivity contribution in [2.75, 3.05) is 31.1 Å². The van der Waals surface area contributed by atoms with Crippen molar-refractivity contribution in [3.05, 3.63) is 78.0 Å². The molecule has 2 aliphatic heterocycles. The highest BCUT2D eigenvalue weighted by Gasteiger charge is 2.32. The van der Waals surface area contributed by atoms with E-state index in [1.54, 1.807) is 28.1 Å². The summed E-state index contributed by atoms with van der Waals surface area (Å²) in [6.45, 7) is 2.16. The van der Waals surface area contributed by atoms with Crippen molar-refractivity contribution in [2.45, 2.75) is 18.9 Å². The van der Waals surface area contributed by atoms with Crippen molar-refractivity contribution in [1.29, 1.82) is 0 Å². The van der Waals surface area contributed by atoms with Crippen LogP contribution in [0, 0.1) is 17.6 Å². The summed E-state index contributed by atoms with van der Waals surface area (Å²) in [7, 11) is 0. The largest absolute Gasteiger partial charge is 0.490 e. The summed E-state index contributed by atoms with van der Waals surface area (Å²) in [5.41, 5.74) is 0.801. The molecule has 186 valence electrons. The molecule has 10 heteroatoms. The van der Waals surface area contributed by atoms with Gasteiger partial charge in [0.05, 0.1) is 11.6 Å². The molecule has 1 N–H and O–H groups in total. The average Bonchev–Trinajstić information content (AvgIpc) is 2.86. The number of amides is 2. The number of carbonyl (C=O) groups excluding carboxylic acids is 2. The number of rotatable bonds is 6. The SMILES string of the molecule is O=C(c1ccc(F)c(F)c1)N1CCC(Oc2ccc(N(C(=O)C3CNC3)c3cccnn3)cc2)CC1. The van der Waals surface area contributed by atoms with E-state index in [1.807, 2.05) is 24.3 Å². The Morgan fingerprint density at radius 2 is 1.75 bits per heavy atom. The molecule has 0 bridgehead atoms. The highest BCUT2D eigenvalue weighted by molar-refractivity contribution is 6.01. The molecular formula is C26H25F2N5O3. The van der Waals surface area contributed by atoms with E-state index < -0.39 is 11.6 Å². The van der Waals surface area contributed by atoms with Crippen LogP contribution in [0.5, 0.6) is 5.75 Å². The number of carbonyl (C=O) groups is 2. The molecule has 2 saturated heterocycles. The first kappa shape index (κ1) is 23.8. The van der Waals surface area contributed by atoms with Gasteiger partial charge in [-0.1, -0.05) is 0 Å².